The Morgan fingerprint density at radius 3 is 2.86 bits per heavy atom. The second-order valence-electron chi connectivity index (χ2n) is 5.78. The number of hydrogen-bond donors (Lipinski definition) is 0. The summed E-state index contributed by atoms with van der Waals surface area (Å²) in [6.45, 7) is 4.71. The number of nitrogens with zero attached hydrogens (tertiary/aromatic N) is 4. The van der Waals surface area contributed by atoms with Gasteiger partial charge in [-0.05, 0) is 31.6 Å². The molecule has 2 aromatic rings. The molecule has 5 nitrogen and oxygen atoms in total. The van der Waals surface area contributed by atoms with Crippen LogP contribution in [0.1, 0.15) is 37.7 Å². The number of ether oxygens (including phenoxy) is 1. The van der Waals surface area contributed by atoms with Gasteiger partial charge in [-0.3, -0.25) is 4.68 Å². The van der Waals surface area contributed by atoms with Gasteiger partial charge in [-0.1, -0.05) is 6.92 Å². The molecule has 0 saturated heterocycles. The summed E-state index contributed by atoms with van der Waals surface area (Å²) in [5.74, 6) is 2.19. The maximum atomic E-state index is 6.05. The Morgan fingerprint density at radius 2 is 2.19 bits per heavy atom. The number of fused-ring (bicyclic) bond motifs is 1. The molecule has 2 aromatic heterocycles. The van der Waals surface area contributed by atoms with Crippen LogP contribution in [-0.4, -0.2) is 32.5 Å². The molecule has 1 saturated carbocycles. The van der Waals surface area contributed by atoms with E-state index in [0.29, 0.717) is 5.88 Å². The summed E-state index contributed by atoms with van der Waals surface area (Å²) in [6.07, 6.45) is 4.55. The van der Waals surface area contributed by atoms with Gasteiger partial charge in [-0.2, -0.15) is 5.10 Å². The molecule has 0 bridgehead atoms. The van der Waals surface area contributed by atoms with Crippen molar-refractivity contribution >= 4 is 22.8 Å². The Morgan fingerprint density at radius 1 is 1.38 bits per heavy atom. The molecule has 0 unspecified atom stereocenters. The molecule has 0 N–H and O–H groups in total. The Hall–Kier alpha value is -1.07. The zero-order valence-electron chi connectivity index (χ0n) is 12.8. The van der Waals surface area contributed by atoms with Crippen molar-refractivity contribution in [2.24, 2.45) is 13.0 Å². The second kappa shape index (κ2) is 6.36. The van der Waals surface area contributed by atoms with Crippen LogP contribution in [0.25, 0.3) is 11.2 Å². The lowest BCUT2D eigenvalue weighted by Gasteiger charge is -2.08. The van der Waals surface area contributed by atoms with Crippen LogP contribution >= 0.6 is 11.6 Å². The van der Waals surface area contributed by atoms with E-state index in [1.54, 1.807) is 0 Å². The monoisotopic (exact) mass is 310 g/mol. The lowest BCUT2D eigenvalue weighted by Crippen LogP contribution is -2.09. The SMILES string of the molecule is CCc1nn(C)c2c1nc(CCl)n2CCCOCC1CC1. The summed E-state index contributed by atoms with van der Waals surface area (Å²) < 4.78 is 9.82. The van der Waals surface area contributed by atoms with Crippen molar-refractivity contribution in [2.75, 3.05) is 13.2 Å². The van der Waals surface area contributed by atoms with Crippen LogP contribution in [0.15, 0.2) is 0 Å². The first-order chi connectivity index (χ1) is 10.2. The van der Waals surface area contributed by atoms with E-state index in [9.17, 15) is 0 Å². The highest BCUT2D eigenvalue weighted by atomic mass is 35.5. The molecule has 1 fully saturated rings. The molecule has 1 aliphatic rings. The van der Waals surface area contributed by atoms with Gasteiger partial charge >= 0.3 is 0 Å². The maximum absolute atomic E-state index is 6.05. The van der Waals surface area contributed by atoms with Gasteiger partial charge in [0.05, 0.1) is 11.6 Å². The van der Waals surface area contributed by atoms with E-state index in [4.69, 9.17) is 16.3 Å². The van der Waals surface area contributed by atoms with Crippen molar-refractivity contribution in [2.45, 2.75) is 45.0 Å². The number of rotatable bonds is 8. The van der Waals surface area contributed by atoms with E-state index in [0.717, 1.165) is 61.2 Å². The molecule has 0 aromatic carbocycles. The van der Waals surface area contributed by atoms with E-state index in [2.05, 4.69) is 21.6 Å². The minimum atomic E-state index is 0.431. The fourth-order valence-corrected chi connectivity index (χ4v) is 2.93. The third-order valence-corrected chi connectivity index (χ3v) is 4.28. The summed E-state index contributed by atoms with van der Waals surface area (Å²) in [5, 5.41) is 4.54. The summed E-state index contributed by atoms with van der Waals surface area (Å²) in [5.41, 5.74) is 3.11. The maximum Gasteiger partial charge on any atom is 0.158 e. The molecule has 3 rings (SSSR count). The first kappa shape index (κ1) is 14.9. The quantitative estimate of drug-likeness (QED) is 0.556. The fourth-order valence-electron chi connectivity index (χ4n) is 2.72. The van der Waals surface area contributed by atoms with Crippen molar-refractivity contribution in [3.8, 4) is 0 Å². The molecule has 0 amide bonds. The Kier molecular flexibility index (Phi) is 4.50. The molecule has 0 spiro atoms. The fraction of sp³-hybridized carbons (Fsp3) is 0.733. The van der Waals surface area contributed by atoms with Crippen molar-refractivity contribution in [1.82, 2.24) is 19.3 Å². The Labute approximate surface area is 130 Å². The number of aromatic nitrogens is 4. The summed E-state index contributed by atoms with van der Waals surface area (Å²) in [7, 11) is 1.97. The Bertz CT molecular complexity index is 615. The zero-order chi connectivity index (χ0) is 14.8. The molecule has 116 valence electrons. The highest BCUT2D eigenvalue weighted by molar-refractivity contribution is 6.16. The number of alkyl halides is 1. The van der Waals surface area contributed by atoms with E-state index in [1.807, 2.05) is 11.7 Å². The van der Waals surface area contributed by atoms with E-state index < -0.39 is 0 Å². The van der Waals surface area contributed by atoms with Gasteiger partial charge in [0, 0.05) is 26.8 Å². The van der Waals surface area contributed by atoms with E-state index in [-0.39, 0.29) is 0 Å². The van der Waals surface area contributed by atoms with Gasteiger partial charge in [-0.15, -0.1) is 11.6 Å². The lowest BCUT2D eigenvalue weighted by atomic mass is 10.3. The van der Waals surface area contributed by atoms with E-state index in [1.165, 1.54) is 12.8 Å². The van der Waals surface area contributed by atoms with Gasteiger partial charge in [0.2, 0.25) is 0 Å². The Balaban J connectivity index is 1.71. The average Bonchev–Trinajstić information content (AvgIpc) is 3.15. The van der Waals surface area contributed by atoms with Gasteiger partial charge in [0.15, 0.2) is 5.65 Å². The molecular formula is C15H23ClN4O. The molecule has 0 atom stereocenters. The molecular weight excluding hydrogens is 288 g/mol. The van der Waals surface area contributed by atoms with Crippen molar-refractivity contribution < 1.29 is 4.74 Å². The predicted molar refractivity (Wildman–Crippen MR) is 83.6 cm³/mol. The number of hydrogen-bond acceptors (Lipinski definition) is 3. The van der Waals surface area contributed by atoms with Crippen molar-refractivity contribution in [3.05, 3.63) is 11.5 Å². The van der Waals surface area contributed by atoms with Crippen LogP contribution in [0.3, 0.4) is 0 Å². The van der Waals surface area contributed by atoms with Gasteiger partial charge < -0.3 is 9.30 Å². The number of imidazole rings is 1. The van der Waals surface area contributed by atoms with Crippen LogP contribution in [0, 0.1) is 5.92 Å². The minimum absolute atomic E-state index is 0.431. The number of halogens is 1. The van der Waals surface area contributed by atoms with Crippen molar-refractivity contribution in [1.29, 1.82) is 0 Å². The van der Waals surface area contributed by atoms with Gasteiger partial charge in [0.1, 0.15) is 11.3 Å². The summed E-state index contributed by atoms with van der Waals surface area (Å²) >= 11 is 6.05. The number of aryl methyl sites for hydroxylation is 3. The van der Waals surface area contributed by atoms with Crippen LogP contribution in [0.4, 0.5) is 0 Å². The summed E-state index contributed by atoms with van der Waals surface area (Å²) in [4.78, 5) is 4.67. The van der Waals surface area contributed by atoms with Crippen LogP contribution in [0.5, 0.6) is 0 Å². The van der Waals surface area contributed by atoms with Crippen LogP contribution in [-0.2, 0) is 30.6 Å². The van der Waals surface area contributed by atoms with Gasteiger partial charge in [-0.25, -0.2) is 4.98 Å². The lowest BCUT2D eigenvalue weighted by molar-refractivity contribution is 0.119. The predicted octanol–water partition coefficient (Wildman–Crippen LogP) is 2.89. The highest BCUT2D eigenvalue weighted by Gasteiger charge is 2.21. The molecule has 21 heavy (non-hydrogen) atoms. The molecule has 0 radical (unpaired) electrons. The molecule has 6 heteroatoms. The van der Waals surface area contributed by atoms with Gasteiger partial charge in [0.25, 0.3) is 0 Å². The first-order valence-corrected chi connectivity index (χ1v) is 8.32. The van der Waals surface area contributed by atoms with Crippen LogP contribution in [0.2, 0.25) is 0 Å². The summed E-state index contributed by atoms with van der Waals surface area (Å²) in [6, 6.07) is 0. The standard InChI is InChI=1S/C15H23ClN4O/c1-3-12-14-15(19(2)18-12)20(13(9-16)17-14)7-4-8-21-10-11-5-6-11/h11H,3-10H2,1-2H3. The largest absolute Gasteiger partial charge is 0.381 e. The normalized spacial score (nSPS) is 15.2. The zero-order valence-corrected chi connectivity index (χ0v) is 13.6. The molecule has 0 aliphatic heterocycles. The topological polar surface area (TPSA) is 44.9 Å². The van der Waals surface area contributed by atoms with Crippen molar-refractivity contribution in [3.63, 3.8) is 0 Å². The molecule has 2 heterocycles. The first-order valence-electron chi connectivity index (χ1n) is 7.79. The average molecular weight is 311 g/mol. The van der Waals surface area contributed by atoms with E-state index >= 15 is 0 Å². The second-order valence-corrected chi connectivity index (χ2v) is 6.05. The van der Waals surface area contributed by atoms with Crippen LogP contribution < -0.4 is 0 Å². The third kappa shape index (κ3) is 3.09. The molecule has 1 aliphatic carbocycles. The minimum Gasteiger partial charge on any atom is -0.381 e. The third-order valence-electron chi connectivity index (χ3n) is 4.05. The highest BCUT2D eigenvalue weighted by Crippen LogP contribution is 2.28. The smallest absolute Gasteiger partial charge is 0.158 e.